The fourth-order valence-electron chi connectivity index (χ4n) is 2.34. The van der Waals surface area contributed by atoms with Crippen LogP contribution in [0.1, 0.15) is 71.1 Å². The van der Waals surface area contributed by atoms with Crippen LogP contribution in [0.25, 0.3) is 0 Å². The highest BCUT2D eigenvalue weighted by Gasteiger charge is 2.47. The van der Waals surface area contributed by atoms with Crippen LogP contribution < -0.4 is 0 Å². The predicted molar refractivity (Wildman–Crippen MR) is 68.1 cm³/mol. The van der Waals surface area contributed by atoms with E-state index in [-0.39, 0.29) is 11.2 Å². The van der Waals surface area contributed by atoms with Gasteiger partial charge in [0.1, 0.15) is 0 Å². The smallest absolute Gasteiger partial charge is 0.179 e. The number of Topliss-reactive ketones (excluding diaryl/α,β-unsaturated/α-hetero) is 1. The first-order valence-electron chi connectivity index (χ1n) is 6.80. The summed E-state index contributed by atoms with van der Waals surface area (Å²) in [5, 5.41) is 7.02. The Balaban J connectivity index is 1.99. The molecule has 1 saturated carbocycles. The molecule has 0 heterocycles. The molecule has 2 heteroatoms. The standard InChI is InChI=1S/C14H25NO/c1-2-3-4-5-6-7-8-9-14(10-11-14)13(16)12-15/h12,15H,2-11H2,1H3. The summed E-state index contributed by atoms with van der Waals surface area (Å²) in [6.45, 7) is 2.24. The van der Waals surface area contributed by atoms with Gasteiger partial charge in [-0.1, -0.05) is 51.9 Å². The Hall–Kier alpha value is -0.660. The van der Waals surface area contributed by atoms with Crippen molar-refractivity contribution in [2.45, 2.75) is 71.1 Å². The molecule has 0 aromatic heterocycles. The Morgan fingerprint density at radius 3 is 2.19 bits per heavy atom. The molecule has 0 aromatic carbocycles. The van der Waals surface area contributed by atoms with E-state index in [2.05, 4.69) is 6.92 Å². The van der Waals surface area contributed by atoms with Crippen molar-refractivity contribution >= 4 is 12.0 Å². The van der Waals surface area contributed by atoms with Crippen LogP contribution in [0.3, 0.4) is 0 Å². The van der Waals surface area contributed by atoms with Crippen molar-refractivity contribution < 1.29 is 4.79 Å². The van der Waals surface area contributed by atoms with Gasteiger partial charge in [0.15, 0.2) is 5.78 Å². The first-order valence-corrected chi connectivity index (χ1v) is 6.80. The highest BCUT2D eigenvalue weighted by atomic mass is 16.1. The van der Waals surface area contributed by atoms with Gasteiger partial charge >= 0.3 is 0 Å². The van der Waals surface area contributed by atoms with Gasteiger partial charge in [0.25, 0.3) is 0 Å². The SMILES string of the molecule is CCCCCCCCCC1(C(=O)C=N)CC1. The van der Waals surface area contributed by atoms with E-state index in [4.69, 9.17) is 5.41 Å². The Morgan fingerprint density at radius 2 is 1.69 bits per heavy atom. The maximum absolute atomic E-state index is 11.5. The Bertz CT molecular complexity index is 231. The molecule has 0 atom stereocenters. The molecule has 1 aliphatic rings. The molecule has 0 bridgehead atoms. The average molecular weight is 223 g/mol. The number of ketones is 1. The molecule has 0 amide bonds. The second-order valence-corrected chi connectivity index (χ2v) is 5.16. The van der Waals surface area contributed by atoms with Gasteiger partial charge in [-0.25, -0.2) is 0 Å². The fourth-order valence-corrected chi connectivity index (χ4v) is 2.34. The van der Waals surface area contributed by atoms with Gasteiger partial charge in [0.2, 0.25) is 0 Å². The summed E-state index contributed by atoms with van der Waals surface area (Å²) in [5.74, 6) is 0.0680. The zero-order valence-electron chi connectivity index (χ0n) is 10.6. The number of carbonyl (C=O) groups is 1. The molecule has 16 heavy (non-hydrogen) atoms. The van der Waals surface area contributed by atoms with Crippen molar-refractivity contribution in [1.82, 2.24) is 0 Å². The van der Waals surface area contributed by atoms with Gasteiger partial charge in [-0.05, 0) is 19.3 Å². The lowest BCUT2D eigenvalue weighted by Gasteiger charge is -2.10. The van der Waals surface area contributed by atoms with E-state index < -0.39 is 0 Å². The summed E-state index contributed by atoms with van der Waals surface area (Å²) in [7, 11) is 0. The van der Waals surface area contributed by atoms with E-state index >= 15 is 0 Å². The molecule has 0 saturated heterocycles. The lowest BCUT2D eigenvalue weighted by atomic mass is 9.93. The highest BCUT2D eigenvalue weighted by molar-refractivity contribution is 6.29. The summed E-state index contributed by atoms with van der Waals surface area (Å²) in [6.07, 6.45) is 13.2. The van der Waals surface area contributed by atoms with E-state index in [9.17, 15) is 4.79 Å². The summed E-state index contributed by atoms with van der Waals surface area (Å²) in [6, 6.07) is 0. The van der Waals surface area contributed by atoms with Crippen molar-refractivity contribution in [3.63, 3.8) is 0 Å². The van der Waals surface area contributed by atoms with Crippen molar-refractivity contribution in [2.24, 2.45) is 5.41 Å². The third kappa shape index (κ3) is 4.07. The molecule has 0 radical (unpaired) electrons. The minimum Gasteiger partial charge on any atom is -0.305 e. The molecule has 1 aliphatic carbocycles. The molecule has 0 aliphatic heterocycles. The lowest BCUT2D eigenvalue weighted by Crippen LogP contribution is -2.16. The minimum atomic E-state index is -0.0782. The summed E-state index contributed by atoms with van der Waals surface area (Å²) >= 11 is 0. The van der Waals surface area contributed by atoms with E-state index in [0.717, 1.165) is 25.5 Å². The minimum absolute atomic E-state index is 0.0680. The van der Waals surface area contributed by atoms with Crippen LogP contribution in [0.2, 0.25) is 0 Å². The van der Waals surface area contributed by atoms with E-state index in [1.807, 2.05) is 0 Å². The fraction of sp³-hybridized carbons (Fsp3) is 0.857. The summed E-state index contributed by atoms with van der Waals surface area (Å²) < 4.78 is 0. The van der Waals surface area contributed by atoms with E-state index in [0.29, 0.717) is 0 Å². The third-order valence-corrected chi connectivity index (χ3v) is 3.77. The topological polar surface area (TPSA) is 40.9 Å². The van der Waals surface area contributed by atoms with E-state index in [1.165, 1.54) is 44.9 Å². The molecule has 2 nitrogen and oxygen atoms in total. The van der Waals surface area contributed by atoms with Gasteiger partial charge in [0.05, 0.1) is 6.21 Å². The van der Waals surface area contributed by atoms with Crippen molar-refractivity contribution in [3.8, 4) is 0 Å². The molecular weight excluding hydrogens is 198 g/mol. The predicted octanol–water partition coefficient (Wildman–Crippen LogP) is 4.13. The largest absolute Gasteiger partial charge is 0.305 e. The molecule has 1 rings (SSSR count). The van der Waals surface area contributed by atoms with Gasteiger partial charge in [-0.15, -0.1) is 0 Å². The van der Waals surface area contributed by atoms with Crippen LogP contribution in [-0.4, -0.2) is 12.0 Å². The Labute approximate surface area is 99.3 Å². The van der Waals surface area contributed by atoms with Crippen LogP contribution in [-0.2, 0) is 4.79 Å². The van der Waals surface area contributed by atoms with Crippen LogP contribution in [0.15, 0.2) is 0 Å². The Morgan fingerprint density at radius 1 is 1.12 bits per heavy atom. The number of rotatable bonds is 10. The zero-order chi connectivity index (χ0) is 11.9. The molecule has 0 spiro atoms. The third-order valence-electron chi connectivity index (χ3n) is 3.77. The summed E-state index contributed by atoms with van der Waals surface area (Å²) in [4.78, 5) is 11.5. The molecule has 0 aromatic rings. The molecule has 1 fully saturated rings. The number of nitrogens with one attached hydrogen (secondary N) is 1. The van der Waals surface area contributed by atoms with Crippen LogP contribution in [0.5, 0.6) is 0 Å². The molecule has 0 unspecified atom stereocenters. The van der Waals surface area contributed by atoms with Crippen LogP contribution >= 0.6 is 0 Å². The monoisotopic (exact) mass is 223 g/mol. The van der Waals surface area contributed by atoms with Crippen molar-refractivity contribution in [1.29, 1.82) is 5.41 Å². The van der Waals surface area contributed by atoms with Crippen molar-refractivity contribution in [2.75, 3.05) is 0 Å². The number of hydrogen-bond donors (Lipinski definition) is 1. The maximum atomic E-state index is 11.5. The van der Waals surface area contributed by atoms with Crippen molar-refractivity contribution in [3.05, 3.63) is 0 Å². The quantitative estimate of drug-likeness (QED) is 0.439. The van der Waals surface area contributed by atoms with Gasteiger partial charge in [-0.3, -0.25) is 4.79 Å². The molecule has 1 N–H and O–H groups in total. The highest BCUT2D eigenvalue weighted by Crippen LogP contribution is 2.50. The number of unbranched alkanes of at least 4 members (excludes halogenated alkanes) is 6. The first-order chi connectivity index (χ1) is 7.75. The normalized spacial score (nSPS) is 17.1. The number of hydrogen-bond acceptors (Lipinski definition) is 2. The lowest BCUT2D eigenvalue weighted by molar-refractivity contribution is -0.117. The van der Waals surface area contributed by atoms with Gasteiger partial charge in [0, 0.05) is 5.41 Å². The second-order valence-electron chi connectivity index (χ2n) is 5.16. The van der Waals surface area contributed by atoms with Gasteiger partial charge < -0.3 is 5.41 Å². The zero-order valence-corrected chi connectivity index (χ0v) is 10.6. The molecular formula is C14H25NO. The van der Waals surface area contributed by atoms with Crippen LogP contribution in [0, 0.1) is 10.8 Å². The van der Waals surface area contributed by atoms with E-state index in [1.54, 1.807) is 0 Å². The average Bonchev–Trinajstić information content (AvgIpc) is 3.08. The van der Waals surface area contributed by atoms with Crippen LogP contribution in [0.4, 0.5) is 0 Å². The Kier molecular flexibility index (Phi) is 5.72. The number of carbonyl (C=O) groups excluding carboxylic acids is 1. The maximum Gasteiger partial charge on any atom is 0.179 e. The second kappa shape index (κ2) is 6.82. The van der Waals surface area contributed by atoms with Gasteiger partial charge in [-0.2, -0.15) is 0 Å². The first kappa shape index (κ1) is 13.4. The summed E-state index contributed by atoms with van der Waals surface area (Å²) in [5.41, 5.74) is -0.0782. The molecule has 92 valence electrons.